The van der Waals surface area contributed by atoms with Crippen molar-refractivity contribution in [3.05, 3.63) is 30.0 Å². The number of aliphatic hydroxyl groups excluding tert-OH is 2. The lowest BCUT2D eigenvalue weighted by atomic mass is 10.0. The van der Waals surface area contributed by atoms with Crippen molar-refractivity contribution in [2.75, 3.05) is 0 Å². The molecule has 2 heterocycles. The number of primary amides is 1. The van der Waals surface area contributed by atoms with Gasteiger partial charge in [-0.15, -0.1) is 0 Å². The number of nitrogens with zero attached hydrogens (tertiary/aromatic N) is 1. The molecule has 8 nitrogen and oxygen atoms in total. The summed E-state index contributed by atoms with van der Waals surface area (Å²) in [6.07, 6.45) is 1.11. The number of rotatable bonds is 3. The van der Waals surface area contributed by atoms with Crippen molar-refractivity contribution >= 4 is 16.8 Å². The molecule has 1 aromatic carbocycles. The highest BCUT2D eigenvalue weighted by Crippen LogP contribution is 2.34. The lowest BCUT2D eigenvalue weighted by Gasteiger charge is -2.33. The van der Waals surface area contributed by atoms with Crippen LogP contribution in [0, 0.1) is 0 Å². The Morgan fingerprint density at radius 2 is 2.17 bits per heavy atom. The molecule has 2 aromatic rings. The number of urea groups is 1. The Labute approximate surface area is 132 Å². The molecule has 3 unspecified atom stereocenters. The van der Waals surface area contributed by atoms with Gasteiger partial charge in [-0.05, 0) is 30.5 Å². The van der Waals surface area contributed by atoms with E-state index in [0.29, 0.717) is 24.8 Å². The van der Waals surface area contributed by atoms with Crippen molar-refractivity contribution < 1.29 is 20.1 Å². The maximum absolute atomic E-state index is 10.8. The number of nitrogens with one attached hydrogen (secondary N) is 2. The van der Waals surface area contributed by atoms with Crippen LogP contribution in [0.5, 0.6) is 5.88 Å². The third-order valence-corrected chi connectivity index (χ3v) is 4.17. The molecular weight excluding hydrogens is 300 g/mol. The van der Waals surface area contributed by atoms with Gasteiger partial charge in [0.25, 0.3) is 0 Å². The summed E-state index contributed by atoms with van der Waals surface area (Å²) >= 11 is 0. The number of hydrogen-bond acceptors (Lipinski definition) is 5. The van der Waals surface area contributed by atoms with Gasteiger partial charge in [-0.3, -0.25) is 5.32 Å². The number of aromatic nitrogens is 1. The fraction of sp³-hybridized carbons (Fsp3) is 0.400. The highest BCUT2D eigenvalue weighted by atomic mass is 16.3. The minimum Gasteiger partial charge on any atom is -0.494 e. The van der Waals surface area contributed by atoms with E-state index in [1.807, 2.05) is 6.07 Å². The number of nitrogens with two attached hydrogens (primary N) is 1. The van der Waals surface area contributed by atoms with Gasteiger partial charge in [0.15, 0.2) is 5.88 Å². The molecule has 124 valence electrons. The molecule has 1 saturated heterocycles. The fourth-order valence-electron chi connectivity index (χ4n) is 2.99. The summed E-state index contributed by atoms with van der Waals surface area (Å²) < 4.78 is 1.61. The summed E-state index contributed by atoms with van der Waals surface area (Å²) in [6, 6.07) is 4.44. The van der Waals surface area contributed by atoms with E-state index in [2.05, 4.69) is 10.6 Å². The summed E-state index contributed by atoms with van der Waals surface area (Å²) in [7, 11) is 0. The van der Waals surface area contributed by atoms with Gasteiger partial charge in [0.2, 0.25) is 0 Å². The zero-order valence-corrected chi connectivity index (χ0v) is 12.4. The normalized spacial score (nSPS) is 24.7. The van der Waals surface area contributed by atoms with E-state index in [1.165, 1.54) is 0 Å². The van der Waals surface area contributed by atoms with Crippen LogP contribution < -0.4 is 16.4 Å². The molecule has 7 N–H and O–H groups in total. The van der Waals surface area contributed by atoms with Crippen LogP contribution in [0.1, 0.15) is 24.4 Å². The molecule has 2 amide bonds. The molecule has 0 saturated carbocycles. The Morgan fingerprint density at radius 3 is 2.87 bits per heavy atom. The first-order valence-corrected chi connectivity index (χ1v) is 7.43. The third-order valence-electron chi connectivity index (χ3n) is 4.17. The smallest absolute Gasteiger partial charge is 0.312 e. The summed E-state index contributed by atoms with van der Waals surface area (Å²) in [5.41, 5.74) is 5.91. The van der Waals surface area contributed by atoms with E-state index < -0.39 is 18.5 Å². The Balaban J connectivity index is 1.90. The minimum absolute atomic E-state index is 0.0663. The van der Waals surface area contributed by atoms with Gasteiger partial charge >= 0.3 is 6.03 Å². The van der Waals surface area contributed by atoms with Crippen LogP contribution in [0.3, 0.4) is 0 Å². The first-order chi connectivity index (χ1) is 11.0. The zero-order valence-electron chi connectivity index (χ0n) is 12.4. The summed E-state index contributed by atoms with van der Waals surface area (Å²) in [5.74, 6) is 0.0663. The number of carbonyl (C=O) groups is 1. The van der Waals surface area contributed by atoms with Crippen molar-refractivity contribution in [2.24, 2.45) is 5.73 Å². The van der Waals surface area contributed by atoms with Crippen LogP contribution in [0.25, 0.3) is 10.8 Å². The van der Waals surface area contributed by atoms with Gasteiger partial charge in [0, 0.05) is 23.5 Å². The molecule has 23 heavy (non-hydrogen) atoms. The standard InChI is InChI=1S/C15H20N4O4/c16-15(23)17-6-8-1-2-10-9(5-8)7-19(14(10)22)11-3-4-12(20)18-13(11)21/h1-2,5,7,11-13,18,20-22H,3-4,6H2,(H3,16,17,23). The Bertz CT molecular complexity index is 730. The maximum Gasteiger partial charge on any atom is 0.312 e. The van der Waals surface area contributed by atoms with Crippen LogP contribution >= 0.6 is 0 Å². The highest BCUT2D eigenvalue weighted by molar-refractivity contribution is 5.88. The minimum atomic E-state index is -0.942. The van der Waals surface area contributed by atoms with Crippen LogP contribution in [0.2, 0.25) is 0 Å². The van der Waals surface area contributed by atoms with Gasteiger partial charge in [-0.1, -0.05) is 6.07 Å². The van der Waals surface area contributed by atoms with Crippen molar-refractivity contribution in [1.29, 1.82) is 0 Å². The molecule has 3 rings (SSSR count). The first-order valence-electron chi connectivity index (χ1n) is 7.43. The number of amides is 2. The number of piperidine rings is 1. The van der Waals surface area contributed by atoms with Gasteiger partial charge in [0.05, 0.1) is 6.04 Å². The number of fused-ring (bicyclic) bond motifs is 1. The third kappa shape index (κ3) is 3.09. The van der Waals surface area contributed by atoms with Crippen LogP contribution in [0.15, 0.2) is 24.4 Å². The Morgan fingerprint density at radius 1 is 1.39 bits per heavy atom. The topological polar surface area (TPSA) is 133 Å². The summed E-state index contributed by atoms with van der Waals surface area (Å²) in [6.45, 7) is 0.303. The molecule has 0 spiro atoms. The zero-order chi connectivity index (χ0) is 16.6. The number of aromatic hydroxyl groups is 1. The first kappa shape index (κ1) is 15.6. The average molecular weight is 320 g/mol. The predicted octanol–water partition coefficient (Wildman–Crippen LogP) is 0.0765. The average Bonchev–Trinajstić information content (AvgIpc) is 2.82. The van der Waals surface area contributed by atoms with Gasteiger partial charge in [-0.25, -0.2) is 4.79 Å². The van der Waals surface area contributed by atoms with E-state index in [9.17, 15) is 20.1 Å². The number of hydrogen-bond donors (Lipinski definition) is 6. The van der Waals surface area contributed by atoms with E-state index in [0.717, 1.165) is 10.9 Å². The molecule has 1 aliphatic heterocycles. The largest absolute Gasteiger partial charge is 0.494 e. The molecular formula is C15H20N4O4. The lowest BCUT2D eigenvalue weighted by Crippen LogP contribution is -2.47. The van der Waals surface area contributed by atoms with E-state index in [1.54, 1.807) is 22.9 Å². The second-order valence-electron chi connectivity index (χ2n) is 5.77. The summed E-state index contributed by atoms with van der Waals surface area (Å²) in [5, 5.41) is 36.6. The lowest BCUT2D eigenvalue weighted by molar-refractivity contribution is -0.0290. The second-order valence-corrected chi connectivity index (χ2v) is 5.77. The van der Waals surface area contributed by atoms with Crippen molar-refractivity contribution in [2.45, 2.75) is 37.9 Å². The fourth-order valence-corrected chi connectivity index (χ4v) is 2.99. The maximum atomic E-state index is 10.8. The molecule has 1 aromatic heterocycles. The van der Waals surface area contributed by atoms with Crippen LogP contribution in [0.4, 0.5) is 4.79 Å². The van der Waals surface area contributed by atoms with Gasteiger partial charge in [-0.2, -0.15) is 0 Å². The van der Waals surface area contributed by atoms with Gasteiger partial charge < -0.3 is 30.9 Å². The number of benzene rings is 1. The van der Waals surface area contributed by atoms with Crippen molar-refractivity contribution in [3.63, 3.8) is 0 Å². The number of carbonyl (C=O) groups excluding carboxylic acids is 1. The van der Waals surface area contributed by atoms with Gasteiger partial charge in [0.1, 0.15) is 12.5 Å². The Kier molecular flexibility index (Phi) is 4.12. The second kappa shape index (κ2) is 6.07. The highest BCUT2D eigenvalue weighted by Gasteiger charge is 2.30. The molecule has 1 fully saturated rings. The van der Waals surface area contributed by atoms with Crippen LogP contribution in [-0.2, 0) is 6.54 Å². The molecule has 0 bridgehead atoms. The summed E-state index contributed by atoms with van der Waals surface area (Å²) in [4.78, 5) is 10.8. The quantitative estimate of drug-likeness (QED) is 0.476. The monoisotopic (exact) mass is 320 g/mol. The molecule has 0 radical (unpaired) electrons. The molecule has 8 heteroatoms. The predicted molar refractivity (Wildman–Crippen MR) is 83.4 cm³/mol. The van der Waals surface area contributed by atoms with E-state index >= 15 is 0 Å². The van der Waals surface area contributed by atoms with Crippen molar-refractivity contribution in [3.8, 4) is 5.88 Å². The number of aliphatic hydroxyl groups is 2. The SMILES string of the molecule is NC(=O)NCc1ccc2c(O)n(C3CCC(O)NC3O)cc2c1. The van der Waals surface area contributed by atoms with Crippen LogP contribution in [-0.4, -0.2) is 38.4 Å². The molecule has 3 atom stereocenters. The van der Waals surface area contributed by atoms with Crippen molar-refractivity contribution in [1.82, 2.24) is 15.2 Å². The Hall–Kier alpha value is -2.29. The van der Waals surface area contributed by atoms with E-state index in [4.69, 9.17) is 5.73 Å². The van der Waals surface area contributed by atoms with E-state index in [-0.39, 0.29) is 11.9 Å². The molecule has 0 aliphatic carbocycles. The molecule has 1 aliphatic rings.